The lowest BCUT2D eigenvalue weighted by molar-refractivity contribution is 0.0710. The Morgan fingerprint density at radius 3 is 2.92 bits per heavy atom. The highest BCUT2D eigenvalue weighted by Crippen LogP contribution is 2.18. The minimum Gasteiger partial charge on any atom is -0.371 e. The molecule has 13 heavy (non-hydrogen) atoms. The summed E-state index contributed by atoms with van der Waals surface area (Å²) in [5, 5.41) is 3.98. The van der Waals surface area contributed by atoms with Gasteiger partial charge in [-0.15, -0.1) is 0 Å². The second kappa shape index (κ2) is 5.14. The highest BCUT2D eigenvalue weighted by Gasteiger charge is 2.10. The summed E-state index contributed by atoms with van der Waals surface area (Å²) in [7, 11) is 0. The van der Waals surface area contributed by atoms with E-state index < -0.39 is 0 Å². The zero-order valence-corrected chi connectivity index (χ0v) is 9.02. The summed E-state index contributed by atoms with van der Waals surface area (Å²) in [4.78, 5) is 4.29. The van der Waals surface area contributed by atoms with Crippen LogP contribution in [0, 0.1) is 0 Å². The lowest BCUT2D eigenvalue weighted by Crippen LogP contribution is -2.02. The highest BCUT2D eigenvalue weighted by molar-refractivity contribution is 7.09. The largest absolute Gasteiger partial charge is 0.371 e. The van der Waals surface area contributed by atoms with Gasteiger partial charge in [-0.3, -0.25) is 0 Å². The van der Waals surface area contributed by atoms with Crippen molar-refractivity contribution in [2.45, 2.75) is 26.9 Å². The summed E-state index contributed by atoms with van der Waals surface area (Å²) in [6.45, 7) is 7.52. The van der Waals surface area contributed by atoms with Crippen LogP contribution in [0.15, 0.2) is 0 Å². The predicted octanol–water partition coefficient (Wildman–Crippen LogP) is 2.07. The van der Waals surface area contributed by atoms with Crippen LogP contribution in [0.2, 0.25) is 0 Å². The fraction of sp³-hybridized carbons (Fsp3) is 0.750. The van der Waals surface area contributed by atoms with E-state index in [1.54, 1.807) is 0 Å². The van der Waals surface area contributed by atoms with E-state index in [0.717, 1.165) is 17.5 Å². The number of hydrogen-bond donors (Lipinski definition) is 1. The molecule has 74 valence electrons. The van der Waals surface area contributed by atoms with Gasteiger partial charge in [0, 0.05) is 24.7 Å². The molecule has 0 aliphatic rings. The van der Waals surface area contributed by atoms with Gasteiger partial charge in [-0.25, -0.2) is 4.98 Å². The quantitative estimate of drug-likeness (QED) is 0.792. The second-order valence-corrected chi connectivity index (χ2v) is 3.34. The van der Waals surface area contributed by atoms with Crippen molar-refractivity contribution in [3.05, 3.63) is 5.82 Å². The number of nitrogens with zero attached hydrogens (tertiary/aromatic N) is 2. The Hall–Kier alpha value is -0.680. The van der Waals surface area contributed by atoms with Crippen molar-refractivity contribution in [3.63, 3.8) is 0 Å². The lowest BCUT2D eigenvalue weighted by atomic mass is 10.4. The van der Waals surface area contributed by atoms with Crippen LogP contribution in [0.4, 0.5) is 5.13 Å². The number of anilines is 1. The van der Waals surface area contributed by atoms with Crippen LogP contribution < -0.4 is 5.32 Å². The molecular weight excluding hydrogens is 186 g/mol. The Kier molecular flexibility index (Phi) is 4.11. The minimum absolute atomic E-state index is 0.00587. The van der Waals surface area contributed by atoms with Gasteiger partial charge in [0.05, 0.1) is 0 Å². The zero-order chi connectivity index (χ0) is 9.68. The zero-order valence-electron chi connectivity index (χ0n) is 8.20. The van der Waals surface area contributed by atoms with E-state index in [1.165, 1.54) is 11.5 Å². The predicted molar refractivity (Wildman–Crippen MR) is 54.1 cm³/mol. The molecule has 0 spiro atoms. The van der Waals surface area contributed by atoms with Gasteiger partial charge in [0.25, 0.3) is 0 Å². The molecule has 0 radical (unpaired) electrons. The van der Waals surface area contributed by atoms with Gasteiger partial charge in [0.1, 0.15) is 6.10 Å². The van der Waals surface area contributed by atoms with Crippen molar-refractivity contribution >= 4 is 16.7 Å². The first-order chi connectivity index (χ1) is 6.27. The summed E-state index contributed by atoms with van der Waals surface area (Å²) in [6, 6.07) is 0. The molecular formula is C8H15N3OS. The number of hydrogen-bond acceptors (Lipinski definition) is 5. The molecule has 5 heteroatoms. The maximum absolute atomic E-state index is 5.37. The van der Waals surface area contributed by atoms with Crippen LogP contribution in [0.1, 0.15) is 32.7 Å². The van der Waals surface area contributed by atoms with Crippen LogP contribution in [0.25, 0.3) is 0 Å². The van der Waals surface area contributed by atoms with Crippen molar-refractivity contribution in [2.75, 3.05) is 18.5 Å². The van der Waals surface area contributed by atoms with Gasteiger partial charge < -0.3 is 10.1 Å². The van der Waals surface area contributed by atoms with Crippen molar-refractivity contribution in [1.29, 1.82) is 0 Å². The molecule has 1 N–H and O–H groups in total. The smallest absolute Gasteiger partial charge is 0.202 e. The summed E-state index contributed by atoms with van der Waals surface area (Å²) in [5.74, 6) is 0.766. The molecule has 0 aliphatic carbocycles. The van der Waals surface area contributed by atoms with Gasteiger partial charge in [0.15, 0.2) is 5.82 Å². The maximum Gasteiger partial charge on any atom is 0.202 e. The van der Waals surface area contributed by atoms with E-state index in [0.29, 0.717) is 6.61 Å². The Morgan fingerprint density at radius 2 is 2.31 bits per heavy atom. The monoisotopic (exact) mass is 201 g/mol. The van der Waals surface area contributed by atoms with Crippen molar-refractivity contribution in [2.24, 2.45) is 0 Å². The second-order valence-electron chi connectivity index (χ2n) is 2.59. The standard InChI is InChI=1S/C8H15N3OS/c1-4-9-8-10-7(11-13-8)6(3)12-5-2/h6H,4-5H2,1-3H3,(H,9,10,11). The van der Waals surface area contributed by atoms with Crippen LogP contribution in [0.5, 0.6) is 0 Å². The molecule has 0 aliphatic heterocycles. The number of nitrogens with one attached hydrogen (secondary N) is 1. The first kappa shape index (κ1) is 10.4. The molecule has 0 fully saturated rings. The normalized spacial score (nSPS) is 12.8. The first-order valence-electron chi connectivity index (χ1n) is 4.47. The fourth-order valence-corrected chi connectivity index (χ4v) is 1.66. The molecule has 0 amide bonds. The van der Waals surface area contributed by atoms with Crippen LogP contribution >= 0.6 is 11.5 Å². The Bertz CT molecular complexity index is 251. The molecule has 0 aromatic carbocycles. The van der Waals surface area contributed by atoms with Gasteiger partial charge >= 0.3 is 0 Å². The third-order valence-electron chi connectivity index (χ3n) is 1.55. The molecule has 0 saturated carbocycles. The molecule has 1 rings (SSSR count). The Morgan fingerprint density at radius 1 is 1.54 bits per heavy atom. The molecule has 1 aromatic heterocycles. The fourth-order valence-electron chi connectivity index (χ4n) is 0.948. The third-order valence-corrected chi connectivity index (χ3v) is 2.24. The van der Waals surface area contributed by atoms with E-state index in [1.807, 2.05) is 20.8 Å². The lowest BCUT2D eigenvalue weighted by Gasteiger charge is -2.05. The van der Waals surface area contributed by atoms with E-state index >= 15 is 0 Å². The van der Waals surface area contributed by atoms with Crippen LogP contribution in [-0.4, -0.2) is 22.5 Å². The molecule has 1 unspecified atom stereocenters. The van der Waals surface area contributed by atoms with E-state index in [-0.39, 0.29) is 6.10 Å². The van der Waals surface area contributed by atoms with Crippen molar-refractivity contribution < 1.29 is 4.74 Å². The van der Waals surface area contributed by atoms with Gasteiger partial charge in [-0.1, -0.05) is 0 Å². The minimum atomic E-state index is -0.00587. The van der Waals surface area contributed by atoms with Crippen LogP contribution in [0.3, 0.4) is 0 Å². The van der Waals surface area contributed by atoms with Gasteiger partial charge in [-0.2, -0.15) is 4.37 Å². The highest BCUT2D eigenvalue weighted by atomic mass is 32.1. The molecule has 4 nitrogen and oxygen atoms in total. The topological polar surface area (TPSA) is 47.0 Å². The summed E-state index contributed by atoms with van der Waals surface area (Å²) < 4.78 is 9.57. The molecule has 0 saturated heterocycles. The third kappa shape index (κ3) is 2.93. The molecule has 1 heterocycles. The molecule has 1 atom stereocenters. The Balaban J connectivity index is 2.56. The van der Waals surface area contributed by atoms with Crippen molar-refractivity contribution in [1.82, 2.24) is 9.36 Å². The Labute approximate surface area is 82.5 Å². The number of rotatable bonds is 5. The van der Waals surface area contributed by atoms with Crippen LogP contribution in [-0.2, 0) is 4.74 Å². The molecule has 1 aromatic rings. The number of ether oxygens (including phenoxy) is 1. The average Bonchev–Trinajstić information content (AvgIpc) is 2.54. The summed E-state index contributed by atoms with van der Waals surface area (Å²) >= 11 is 1.38. The van der Waals surface area contributed by atoms with Gasteiger partial charge in [0.2, 0.25) is 5.13 Å². The van der Waals surface area contributed by atoms with Gasteiger partial charge in [-0.05, 0) is 20.8 Å². The first-order valence-corrected chi connectivity index (χ1v) is 5.24. The SMILES string of the molecule is CCNc1nc(C(C)OCC)ns1. The molecule has 0 bridgehead atoms. The number of aromatic nitrogens is 2. The summed E-state index contributed by atoms with van der Waals surface area (Å²) in [5.41, 5.74) is 0. The van der Waals surface area contributed by atoms with E-state index in [9.17, 15) is 0 Å². The van der Waals surface area contributed by atoms with E-state index in [4.69, 9.17) is 4.74 Å². The van der Waals surface area contributed by atoms with Crippen molar-refractivity contribution in [3.8, 4) is 0 Å². The van der Waals surface area contributed by atoms with E-state index in [2.05, 4.69) is 14.7 Å². The average molecular weight is 201 g/mol. The maximum atomic E-state index is 5.37. The summed E-state index contributed by atoms with van der Waals surface area (Å²) in [6.07, 6.45) is -0.00587.